The molecule has 2 fully saturated rings. The Morgan fingerprint density at radius 2 is 1.71 bits per heavy atom. The number of hydrogen-bond acceptors (Lipinski definition) is 7. The smallest absolute Gasteiger partial charge is 0.342 e. The van der Waals surface area contributed by atoms with Gasteiger partial charge in [0.1, 0.15) is 22.0 Å². The lowest BCUT2D eigenvalue weighted by molar-refractivity contribution is -0.137. The molecule has 9 nitrogen and oxygen atoms in total. The Morgan fingerprint density at radius 1 is 1.03 bits per heavy atom. The lowest BCUT2D eigenvalue weighted by Crippen LogP contribution is -2.54. The molecule has 1 aromatic carbocycles. The number of sulfonamides is 1. The average molecular weight is 490 g/mol. The summed E-state index contributed by atoms with van der Waals surface area (Å²) in [5.41, 5.74) is 1.10. The third kappa shape index (κ3) is 4.62. The van der Waals surface area contributed by atoms with E-state index in [0.717, 1.165) is 25.9 Å². The van der Waals surface area contributed by atoms with Gasteiger partial charge in [-0.05, 0) is 38.8 Å². The minimum Gasteiger partial charge on any atom is -0.465 e. The molecule has 2 aliphatic heterocycles. The maximum absolute atomic E-state index is 13.4. The summed E-state index contributed by atoms with van der Waals surface area (Å²) in [5.74, 6) is -0.340. The monoisotopic (exact) mass is 489 g/mol. The van der Waals surface area contributed by atoms with Crippen LogP contribution in [0.4, 0.5) is 0 Å². The average Bonchev–Trinajstić information content (AvgIpc) is 3.42. The Hall–Kier alpha value is -2.69. The van der Waals surface area contributed by atoms with Gasteiger partial charge >= 0.3 is 5.97 Å². The van der Waals surface area contributed by atoms with E-state index in [-0.39, 0.29) is 47.0 Å². The van der Waals surface area contributed by atoms with Crippen LogP contribution < -0.4 is 0 Å². The van der Waals surface area contributed by atoms with Crippen molar-refractivity contribution in [2.24, 2.45) is 0 Å². The first-order valence-corrected chi connectivity index (χ1v) is 12.9. The first-order chi connectivity index (χ1) is 16.2. The van der Waals surface area contributed by atoms with Gasteiger partial charge in [0, 0.05) is 32.7 Å². The number of benzene rings is 1. The van der Waals surface area contributed by atoms with E-state index in [1.54, 1.807) is 4.90 Å². The van der Waals surface area contributed by atoms with Crippen molar-refractivity contribution in [1.29, 1.82) is 0 Å². The number of carbonyl (C=O) groups excluding carboxylic acids is 2. The van der Waals surface area contributed by atoms with Crippen molar-refractivity contribution in [3.05, 3.63) is 53.0 Å². The number of carbonyl (C=O) groups is 2. The maximum atomic E-state index is 13.4. The summed E-state index contributed by atoms with van der Waals surface area (Å²) in [7, 11) is -2.78. The van der Waals surface area contributed by atoms with Crippen molar-refractivity contribution in [2.45, 2.75) is 44.2 Å². The highest BCUT2D eigenvalue weighted by atomic mass is 32.2. The third-order valence-corrected chi connectivity index (χ3v) is 8.67. The molecule has 0 N–H and O–H groups in total. The van der Waals surface area contributed by atoms with Crippen LogP contribution in [0.3, 0.4) is 0 Å². The number of nitrogens with zero attached hydrogens (tertiary/aromatic N) is 3. The highest BCUT2D eigenvalue weighted by Crippen LogP contribution is 2.31. The fourth-order valence-corrected chi connectivity index (χ4v) is 6.71. The van der Waals surface area contributed by atoms with E-state index in [2.05, 4.69) is 17.0 Å². The Labute approximate surface area is 200 Å². The number of hydrogen-bond donors (Lipinski definition) is 0. The fraction of sp³-hybridized carbons (Fsp3) is 0.500. The number of rotatable bonds is 6. The molecular formula is C24H31N3O6S. The Balaban J connectivity index is 1.44. The predicted molar refractivity (Wildman–Crippen MR) is 125 cm³/mol. The lowest BCUT2D eigenvalue weighted by Gasteiger charge is -2.36. The predicted octanol–water partition coefficient (Wildman–Crippen LogP) is 2.18. The molecule has 2 aliphatic rings. The summed E-state index contributed by atoms with van der Waals surface area (Å²) in [6.07, 6.45) is 1.77. The SMILES string of the molecule is COC(=O)c1c(C)oc(C)c1S(=O)(=O)N1CCN(C(=O)C2CCCN2Cc2ccccc2)CC1. The van der Waals surface area contributed by atoms with Crippen molar-refractivity contribution in [3.63, 3.8) is 0 Å². The third-order valence-electron chi connectivity index (χ3n) is 6.62. The topological polar surface area (TPSA) is 100 Å². The van der Waals surface area contributed by atoms with Crippen LogP contribution in [0.15, 0.2) is 39.6 Å². The Kier molecular flexibility index (Phi) is 7.11. The minimum absolute atomic E-state index is 0.0519. The van der Waals surface area contributed by atoms with Crippen LogP contribution in [-0.4, -0.2) is 80.3 Å². The van der Waals surface area contributed by atoms with Crippen LogP contribution in [0.25, 0.3) is 0 Å². The van der Waals surface area contributed by atoms with E-state index in [1.165, 1.54) is 30.8 Å². The zero-order valence-corrected chi connectivity index (χ0v) is 20.6. The number of likely N-dealkylation sites (tertiary alicyclic amines) is 1. The maximum Gasteiger partial charge on any atom is 0.342 e. The van der Waals surface area contributed by atoms with E-state index < -0.39 is 16.0 Å². The molecular weight excluding hydrogens is 458 g/mol. The van der Waals surface area contributed by atoms with Crippen molar-refractivity contribution in [3.8, 4) is 0 Å². The summed E-state index contributed by atoms with van der Waals surface area (Å²) >= 11 is 0. The highest BCUT2D eigenvalue weighted by Gasteiger charge is 2.39. The molecule has 3 heterocycles. The van der Waals surface area contributed by atoms with Gasteiger partial charge in [-0.2, -0.15) is 4.31 Å². The van der Waals surface area contributed by atoms with Gasteiger partial charge in [0.15, 0.2) is 0 Å². The van der Waals surface area contributed by atoms with Gasteiger partial charge < -0.3 is 14.1 Å². The van der Waals surface area contributed by atoms with Gasteiger partial charge in [-0.15, -0.1) is 0 Å². The molecule has 4 rings (SSSR count). The molecule has 1 amide bonds. The number of methoxy groups -OCH3 is 1. The molecule has 0 saturated carbocycles. The number of aryl methyl sites for hydroxylation is 2. The molecule has 1 atom stereocenters. The Bertz CT molecular complexity index is 1150. The summed E-state index contributed by atoms with van der Waals surface area (Å²) in [5, 5.41) is 0. The van der Waals surface area contributed by atoms with Crippen LogP contribution in [0.1, 0.15) is 40.3 Å². The summed E-state index contributed by atoms with van der Waals surface area (Å²) < 4.78 is 38.3. The first-order valence-electron chi connectivity index (χ1n) is 11.5. The lowest BCUT2D eigenvalue weighted by atomic mass is 10.1. The van der Waals surface area contributed by atoms with Gasteiger partial charge in [0.2, 0.25) is 15.9 Å². The molecule has 2 saturated heterocycles. The second-order valence-electron chi connectivity index (χ2n) is 8.75. The number of ether oxygens (including phenoxy) is 1. The summed E-state index contributed by atoms with van der Waals surface area (Å²) in [6.45, 7) is 5.57. The number of amides is 1. The van der Waals surface area contributed by atoms with Crippen LogP contribution in [0.5, 0.6) is 0 Å². The molecule has 1 unspecified atom stereocenters. The minimum atomic E-state index is -3.99. The van der Waals surface area contributed by atoms with Crippen LogP contribution in [-0.2, 0) is 26.1 Å². The molecule has 2 aromatic rings. The van der Waals surface area contributed by atoms with E-state index in [0.29, 0.717) is 13.1 Å². The van der Waals surface area contributed by atoms with Crippen LogP contribution in [0.2, 0.25) is 0 Å². The molecule has 0 spiro atoms. The van der Waals surface area contributed by atoms with Crippen LogP contribution in [0, 0.1) is 13.8 Å². The van der Waals surface area contributed by atoms with E-state index in [4.69, 9.17) is 9.15 Å². The second-order valence-corrected chi connectivity index (χ2v) is 10.6. The summed E-state index contributed by atoms with van der Waals surface area (Å²) in [4.78, 5) is 29.3. The standard InChI is InChI=1S/C24H31N3O6S/c1-17-21(24(29)32-3)22(18(2)33-17)34(30,31)27-14-12-25(13-15-27)23(28)20-10-7-11-26(20)16-19-8-5-4-6-9-19/h4-6,8-9,20H,7,10-16H2,1-3H3. The number of furan rings is 1. The summed E-state index contributed by atoms with van der Waals surface area (Å²) in [6, 6.07) is 9.91. The van der Waals surface area contributed by atoms with E-state index in [9.17, 15) is 18.0 Å². The van der Waals surface area contributed by atoms with Gasteiger partial charge in [-0.1, -0.05) is 30.3 Å². The van der Waals surface area contributed by atoms with Gasteiger partial charge in [0.25, 0.3) is 0 Å². The highest BCUT2D eigenvalue weighted by molar-refractivity contribution is 7.89. The molecule has 0 radical (unpaired) electrons. The van der Waals surface area contributed by atoms with E-state index >= 15 is 0 Å². The van der Waals surface area contributed by atoms with Crippen LogP contribution >= 0.6 is 0 Å². The molecule has 34 heavy (non-hydrogen) atoms. The molecule has 0 aliphatic carbocycles. The molecule has 184 valence electrons. The van der Waals surface area contributed by atoms with Crippen molar-refractivity contribution >= 4 is 21.9 Å². The quantitative estimate of drug-likeness (QED) is 0.574. The molecule has 1 aromatic heterocycles. The fourth-order valence-electron chi connectivity index (χ4n) is 4.91. The second kappa shape index (κ2) is 9.89. The van der Waals surface area contributed by atoms with Crippen molar-refractivity contribution in [2.75, 3.05) is 39.8 Å². The van der Waals surface area contributed by atoms with Gasteiger partial charge in [-0.25, -0.2) is 13.2 Å². The van der Waals surface area contributed by atoms with Gasteiger partial charge in [0.05, 0.1) is 13.2 Å². The Morgan fingerprint density at radius 3 is 2.35 bits per heavy atom. The van der Waals surface area contributed by atoms with Crippen molar-refractivity contribution < 1.29 is 27.2 Å². The zero-order chi connectivity index (χ0) is 24.5. The van der Waals surface area contributed by atoms with Crippen molar-refractivity contribution in [1.82, 2.24) is 14.1 Å². The normalized spacial score (nSPS) is 20.0. The zero-order valence-electron chi connectivity index (χ0n) is 19.8. The number of esters is 1. The largest absolute Gasteiger partial charge is 0.465 e. The number of piperazine rings is 1. The molecule has 0 bridgehead atoms. The van der Waals surface area contributed by atoms with Gasteiger partial charge in [-0.3, -0.25) is 9.69 Å². The first kappa shape index (κ1) is 24.4. The van der Waals surface area contributed by atoms with E-state index in [1.807, 2.05) is 18.2 Å². The molecule has 10 heteroatoms.